The van der Waals surface area contributed by atoms with E-state index in [2.05, 4.69) is 29.6 Å². The van der Waals surface area contributed by atoms with Crippen molar-refractivity contribution in [1.29, 1.82) is 0 Å². The highest BCUT2D eigenvalue weighted by Crippen LogP contribution is 2.22. The number of halogens is 1. The Hall–Kier alpha value is -1.59. The van der Waals surface area contributed by atoms with Gasteiger partial charge in [0.25, 0.3) is 0 Å². The molecule has 1 atom stereocenters. The molecule has 1 aromatic carbocycles. The Morgan fingerprint density at radius 1 is 1.50 bits per heavy atom. The molecule has 0 radical (unpaired) electrons. The molecule has 0 bridgehead atoms. The molecular formula is C16H23ClN4O. The largest absolute Gasteiger partial charge is 0.326 e. The molecule has 5 nitrogen and oxygen atoms in total. The summed E-state index contributed by atoms with van der Waals surface area (Å²) in [5.74, 6) is 0.0735. The van der Waals surface area contributed by atoms with Gasteiger partial charge < -0.3 is 10.6 Å². The van der Waals surface area contributed by atoms with Gasteiger partial charge in [-0.3, -0.25) is 9.48 Å². The third kappa shape index (κ3) is 3.59. The number of aromatic nitrogens is 2. The zero-order chi connectivity index (χ0) is 14.8. The molecule has 1 aliphatic rings. The number of rotatable bonds is 4. The van der Waals surface area contributed by atoms with Gasteiger partial charge in [0.2, 0.25) is 5.91 Å². The summed E-state index contributed by atoms with van der Waals surface area (Å²) in [5.41, 5.74) is 1.90. The molecule has 2 N–H and O–H groups in total. The Kier molecular flexibility index (Phi) is 5.42. The van der Waals surface area contributed by atoms with Gasteiger partial charge in [0.1, 0.15) is 0 Å². The first-order chi connectivity index (χ1) is 10.1. The number of anilines is 1. The molecule has 1 unspecified atom stereocenters. The van der Waals surface area contributed by atoms with Crippen LogP contribution in [0.25, 0.3) is 10.9 Å². The predicted octanol–water partition coefficient (Wildman–Crippen LogP) is 3.12. The first kappa shape index (κ1) is 16.8. The summed E-state index contributed by atoms with van der Waals surface area (Å²) in [6, 6.07) is 6.58. The van der Waals surface area contributed by atoms with Crippen LogP contribution in [-0.4, -0.2) is 28.3 Å². The van der Waals surface area contributed by atoms with Crippen LogP contribution in [0.3, 0.4) is 0 Å². The van der Waals surface area contributed by atoms with E-state index in [4.69, 9.17) is 0 Å². The molecule has 1 aromatic heterocycles. The van der Waals surface area contributed by atoms with Crippen molar-refractivity contribution in [3.63, 3.8) is 0 Å². The van der Waals surface area contributed by atoms with Gasteiger partial charge in [0.05, 0.1) is 11.7 Å². The van der Waals surface area contributed by atoms with Crippen LogP contribution < -0.4 is 10.6 Å². The molecule has 1 aliphatic heterocycles. The summed E-state index contributed by atoms with van der Waals surface area (Å²) in [6.07, 6.45) is 4.66. The SMILES string of the molecule is CC(C)n1ncc2ccc(NC(=O)CC3CCCN3)cc21.Cl. The van der Waals surface area contributed by atoms with Crippen LogP contribution in [0.2, 0.25) is 0 Å². The minimum atomic E-state index is 0. The monoisotopic (exact) mass is 322 g/mol. The molecule has 120 valence electrons. The van der Waals surface area contributed by atoms with Gasteiger partial charge in [0.15, 0.2) is 0 Å². The smallest absolute Gasteiger partial charge is 0.225 e. The predicted molar refractivity (Wildman–Crippen MR) is 91.6 cm³/mol. The fraction of sp³-hybridized carbons (Fsp3) is 0.500. The van der Waals surface area contributed by atoms with Crippen molar-refractivity contribution in [2.24, 2.45) is 0 Å². The molecule has 2 heterocycles. The highest BCUT2D eigenvalue weighted by molar-refractivity contribution is 5.93. The van der Waals surface area contributed by atoms with E-state index in [-0.39, 0.29) is 18.3 Å². The molecule has 6 heteroatoms. The van der Waals surface area contributed by atoms with Crippen LogP contribution in [0, 0.1) is 0 Å². The minimum Gasteiger partial charge on any atom is -0.326 e. The standard InChI is InChI=1S/C16H22N4O.ClH/c1-11(2)20-15-8-14(6-5-12(15)10-18-20)19-16(21)9-13-4-3-7-17-13;/h5-6,8,10-11,13,17H,3-4,7,9H2,1-2H3,(H,19,21);1H. The van der Waals surface area contributed by atoms with Crippen molar-refractivity contribution in [3.8, 4) is 0 Å². The molecule has 0 spiro atoms. The first-order valence-corrected chi connectivity index (χ1v) is 7.64. The Morgan fingerprint density at radius 3 is 3.00 bits per heavy atom. The van der Waals surface area contributed by atoms with E-state index in [1.807, 2.05) is 29.1 Å². The van der Waals surface area contributed by atoms with Crippen LogP contribution in [0.15, 0.2) is 24.4 Å². The van der Waals surface area contributed by atoms with Gasteiger partial charge >= 0.3 is 0 Å². The van der Waals surface area contributed by atoms with Crippen LogP contribution in [0.4, 0.5) is 5.69 Å². The fourth-order valence-electron chi connectivity index (χ4n) is 2.89. The maximum absolute atomic E-state index is 12.1. The van der Waals surface area contributed by atoms with Crippen LogP contribution in [0.5, 0.6) is 0 Å². The van der Waals surface area contributed by atoms with Gasteiger partial charge in [-0.1, -0.05) is 0 Å². The maximum Gasteiger partial charge on any atom is 0.225 e. The molecule has 3 rings (SSSR count). The number of nitrogens with one attached hydrogen (secondary N) is 2. The third-order valence-corrected chi connectivity index (χ3v) is 3.97. The van der Waals surface area contributed by atoms with Gasteiger partial charge in [0, 0.05) is 29.6 Å². The summed E-state index contributed by atoms with van der Waals surface area (Å²) >= 11 is 0. The lowest BCUT2D eigenvalue weighted by Gasteiger charge is -2.11. The first-order valence-electron chi connectivity index (χ1n) is 7.64. The van der Waals surface area contributed by atoms with Gasteiger partial charge in [-0.05, 0) is 51.4 Å². The van der Waals surface area contributed by atoms with Gasteiger partial charge in [-0.25, -0.2) is 0 Å². The quantitative estimate of drug-likeness (QED) is 0.909. The molecule has 0 saturated carbocycles. The van der Waals surface area contributed by atoms with Crippen LogP contribution in [0.1, 0.15) is 39.2 Å². The highest BCUT2D eigenvalue weighted by Gasteiger charge is 2.17. The molecule has 1 fully saturated rings. The van der Waals surface area contributed by atoms with E-state index in [1.165, 1.54) is 0 Å². The summed E-state index contributed by atoms with van der Waals surface area (Å²) in [7, 11) is 0. The molecule has 1 amide bonds. The van der Waals surface area contributed by atoms with Crippen LogP contribution in [-0.2, 0) is 4.79 Å². The normalized spacial score (nSPS) is 17.7. The number of nitrogens with zero attached hydrogens (tertiary/aromatic N) is 2. The van der Waals surface area contributed by atoms with Gasteiger partial charge in [-0.2, -0.15) is 5.10 Å². The summed E-state index contributed by atoms with van der Waals surface area (Å²) in [6.45, 7) is 5.23. The number of fused-ring (bicyclic) bond motifs is 1. The van der Waals surface area contributed by atoms with Crippen molar-refractivity contribution in [1.82, 2.24) is 15.1 Å². The van der Waals surface area contributed by atoms with E-state index in [0.29, 0.717) is 18.5 Å². The van der Waals surface area contributed by atoms with Crippen LogP contribution >= 0.6 is 12.4 Å². The number of benzene rings is 1. The van der Waals surface area contributed by atoms with Crippen molar-refractivity contribution >= 4 is 34.9 Å². The van der Waals surface area contributed by atoms with Crippen molar-refractivity contribution in [3.05, 3.63) is 24.4 Å². The zero-order valence-electron chi connectivity index (χ0n) is 13.0. The summed E-state index contributed by atoms with van der Waals surface area (Å²) in [4.78, 5) is 12.1. The van der Waals surface area contributed by atoms with Crippen molar-refractivity contribution < 1.29 is 4.79 Å². The molecular weight excluding hydrogens is 300 g/mol. The fourth-order valence-corrected chi connectivity index (χ4v) is 2.89. The second-order valence-corrected chi connectivity index (χ2v) is 6.00. The minimum absolute atomic E-state index is 0. The van der Waals surface area contributed by atoms with E-state index >= 15 is 0 Å². The average Bonchev–Trinajstić information content (AvgIpc) is 3.06. The zero-order valence-corrected chi connectivity index (χ0v) is 13.8. The molecule has 22 heavy (non-hydrogen) atoms. The Balaban J connectivity index is 0.00000176. The summed E-state index contributed by atoms with van der Waals surface area (Å²) in [5, 5.41) is 11.8. The van der Waals surface area contributed by atoms with E-state index in [1.54, 1.807) is 0 Å². The van der Waals surface area contributed by atoms with E-state index < -0.39 is 0 Å². The lowest BCUT2D eigenvalue weighted by molar-refractivity contribution is -0.116. The highest BCUT2D eigenvalue weighted by atomic mass is 35.5. The number of hydrogen-bond donors (Lipinski definition) is 2. The van der Waals surface area contributed by atoms with E-state index in [9.17, 15) is 4.79 Å². The Bertz CT molecular complexity index is 647. The lowest BCUT2D eigenvalue weighted by atomic mass is 10.1. The maximum atomic E-state index is 12.1. The Labute approximate surface area is 136 Å². The van der Waals surface area contributed by atoms with E-state index in [0.717, 1.165) is 36.0 Å². The topological polar surface area (TPSA) is 59.0 Å². The third-order valence-electron chi connectivity index (χ3n) is 3.97. The van der Waals surface area contributed by atoms with Crippen molar-refractivity contribution in [2.45, 2.75) is 45.2 Å². The Morgan fingerprint density at radius 2 is 2.32 bits per heavy atom. The number of carbonyl (C=O) groups is 1. The molecule has 0 aliphatic carbocycles. The number of hydrogen-bond acceptors (Lipinski definition) is 3. The second-order valence-electron chi connectivity index (χ2n) is 6.00. The number of carbonyl (C=O) groups excluding carboxylic acids is 1. The number of amides is 1. The second kappa shape index (κ2) is 7.11. The van der Waals surface area contributed by atoms with Gasteiger partial charge in [-0.15, -0.1) is 12.4 Å². The molecule has 2 aromatic rings. The summed E-state index contributed by atoms with van der Waals surface area (Å²) < 4.78 is 1.98. The molecule has 1 saturated heterocycles. The average molecular weight is 323 g/mol. The lowest BCUT2D eigenvalue weighted by Crippen LogP contribution is -2.27. The van der Waals surface area contributed by atoms with Crippen molar-refractivity contribution in [2.75, 3.05) is 11.9 Å².